The lowest BCUT2D eigenvalue weighted by atomic mass is 10.0. The van der Waals surface area contributed by atoms with Gasteiger partial charge in [-0.2, -0.15) is 5.10 Å². The average molecular weight is 309 g/mol. The number of Topliss-reactive ketones (excluding diaryl/α,β-unsaturated/α-hetero) is 1. The number of carbonyl (C=O) groups is 1. The Morgan fingerprint density at radius 3 is 2.67 bits per heavy atom. The second-order valence-corrected chi connectivity index (χ2v) is 5.32. The molecule has 1 heterocycles. The van der Waals surface area contributed by atoms with Crippen LogP contribution in [0.2, 0.25) is 5.02 Å². The van der Waals surface area contributed by atoms with Crippen LogP contribution in [-0.2, 0) is 19.4 Å². The minimum absolute atomic E-state index is 0.0859. The highest BCUT2D eigenvalue weighted by molar-refractivity contribution is 6.32. The van der Waals surface area contributed by atoms with Gasteiger partial charge in [-0.3, -0.25) is 9.48 Å². The Bertz CT molecular complexity index is 679. The maximum Gasteiger partial charge on any atom is 0.168 e. The summed E-state index contributed by atoms with van der Waals surface area (Å²) in [4.78, 5) is 12.4. The van der Waals surface area contributed by atoms with Crippen LogP contribution >= 0.6 is 11.6 Å². The topological polar surface area (TPSA) is 34.9 Å². The SMILES string of the molecule is CCc1nn(CC)c(CC(=O)c2ccc(F)c(C)c2)c1Cl. The van der Waals surface area contributed by atoms with E-state index in [-0.39, 0.29) is 18.0 Å². The first-order chi connectivity index (χ1) is 9.97. The maximum absolute atomic E-state index is 13.3. The number of benzene rings is 1. The molecule has 0 radical (unpaired) electrons. The standard InChI is InChI=1S/C16H18ClFN2O/c1-4-13-16(17)14(20(5-2)19-13)9-15(21)11-6-7-12(18)10(3)8-11/h6-8H,4-5,9H2,1-3H3. The Morgan fingerprint density at radius 2 is 2.10 bits per heavy atom. The first-order valence-corrected chi connectivity index (χ1v) is 7.39. The molecule has 5 heteroatoms. The zero-order valence-electron chi connectivity index (χ0n) is 12.4. The quantitative estimate of drug-likeness (QED) is 0.783. The largest absolute Gasteiger partial charge is 0.294 e. The monoisotopic (exact) mass is 308 g/mol. The van der Waals surface area contributed by atoms with E-state index in [2.05, 4.69) is 5.10 Å². The number of aryl methyl sites for hydroxylation is 3. The molecule has 0 amide bonds. The number of nitrogens with zero attached hydrogens (tertiary/aromatic N) is 2. The van der Waals surface area contributed by atoms with Crippen molar-refractivity contribution in [3.05, 3.63) is 51.6 Å². The molecule has 2 aromatic rings. The van der Waals surface area contributed by atoms with Gasteiger partial charge in [0.2, 0.25) is 0 Å². The molecule has 0 spiro atoms. The predicted molar refractivity (Wildman–Crippen MR) is 81.5 cm³/mol. The van der Waals surface area contributed by atoms with E-state index < -0.39 is 0 Å². The van der Waals surface area contributed by atoms with Crippen molar-refractivity contribution in [2.24, 2.45) is 0 Å². The van der Waals surface area contributed by atoms with Crippen molar-refractivity contribution in [1.82, 2.24) is 9.78 Å². The Labute approximate surface area is 128 Å². The lowest BCUT2D eigenvalue weighted by molar-refractivity contribution is 0.0990. The van der Waals surface area contributed by atoms with E-state index >= 15 is 0 Å². The fourth-order valence-electron chi connectivity index (χ4n) is 2.26. The van der Waals surface area contributed by atoms with Gasteiger partial charge in [-0.1, -0.05) is 18.5 Å². The van der Waals surface area contributed by atoms with Gasteiger partial charge < -0.3 is 0 Å². The molecule has 2 rings (SSSR count). The van der Waals surface area contributed by atoms with Gasteiger partial charge in [-0.15, -0.1) is 0 Å². The maximum atomic E-state index is 13.3. The number of aromatic nitrogens is 2. The summed E-state index contributed by atoms with van der Waals surface area (Å²) in [6.07, 6.45) is 0.896. The summed E-state index contributed by atoms with van der Waals surface area (Å²) in [7, 11) is 0. The van der Waals surface area contributed by atoms with Gasteiger partial charge in [-0.05, 0) is 44.0 Å². The van der Waals surface area contributed by atoms with Crippen LogP contribution in [0.3, 0.4) is 0 Å². The third-order valence-electron chi connectivity index (χ3n) is 3.50. The molecular weight excluding hydrogens is 291 g/mol. The van der Waals surface area contributed by atoms with Crippen molar-refractivity contribution < 1.29 is 9.18 Å². The van der Waals surface area contributed by atoms with Crippen LogP contribution in [0.15, 0.2) is 18.2 Å². The van der Waals surface area contributed by atoms with Crippen LogP contribution in [0.1, 0.15) is 41.2 Å². The number of hydrogen-bond acceptors (Lipinski definition) is 2. The Balaban J connectivity index is 2.31. The van der Waals surface area contributed by atoms with Gasteiger partial charge in [-0.25, -0.2) is 4.39 Å². The summed E-state index contributed by atoms with van der Waals surface area (Å²) in [5.74, 6) is -0.395. The number of halogens is 2. The lowest BCUT2D eigenvalue weighted by Crippen LogP contribution is -2.10. The third kappa shape index (κ3) is 3.16. The molecule has 0 unspecified atom stereocenters. The first kappa shape index (κ1) is 15.7. The molecule has 0 aliphatic heterocycles. The molecule has 21 heavy (non-hydrogen) atoms. The molecule has 0 fully saturated rings. The number of carbonyl (C=O) groups excluding carboxylic acids is 1. The van der Waals surface area contributed by atoms with Crippen molar-refractivity contribution in [1.29, 1.82) is 0 Å². The molecule has 3 nitrogen and oxygen atoms in total. The van der Waals surface area contributed by atoms with E-state index in [4.69, 9.17) is 11.6 Å². The summed E-state index contributed by atoms with van der Waals surface area (Å²) in [6, 6.07) is 4.39. The summed E-state index contributed by atoms with van der Waals surface area (Å²) >= 11 is 6.30. The molecule has 0 N–H and O–H groups in total. The molecule has 0 bridgehead atoms. The molecule has 0 saturated carbocycles. The summed E-state index contributed by atoms with van der Waals surface area (Å²) in [5, 5.41) is 4.96. The van der Waals surface area contributed by atoms with Gasteiger partial charge in [0, 0.05) is 12.1 Å². The van der Waals surface area contributed by atoms with Crippen LogP contribution < -0.4 is 0 Å². The molecule has 0 aliphatic carbocycles. The van der Waals surface area contributed by atoms with Gasteiger partial charge in [0.25, 0.3) is 0 Å². The smallest absolute Gasteiger partial charge is 0.168 e. The number of ketones is 1. The van der Waals surface area contributed by atoms with Gasteiger partial charge in [0.15, 0.2) is 5.78 Å². The molecule has 1 aromatic heterocycles. The van der Waals surface area contributed by atoms with E-state index in [9.17, 15) is 9.18 Å². The van der Waals surface area contributed by atoms with Crippen LogP contribution in [-0.4, -0.2) is 15.6 Å². The van der Waals surface area contributed by atoms with E-state index in [1.165, 1.54) is 12.1 Å². The van der Waals surface area contributed by atoms with Crippen molar-refractivity contribution in [2.75, 3.05) is 0 Å². The van der Waals surface area contributed by atoms with Crippen molar-refractivity contribution in [2.45, 2.75) is 40.2 Å². The highest BCUT2D eigenvalue weighted by Gasteiger charge is 2.18. The van der Waals surface area contributed by atoms with Crippen LogP contribution in [0.4, 0.5) is 4.39 Å². The molecule has 1 aromatic carbocycles. The summed E-state index contributed by atoms with van der Waals surface area (Å²) in [5.41, 5.74) is 2.48. The Hall–Kier alpha value is -1.68. The zero-order chi connectivity index (χ0) is 15.6. The van der Waals surface area contributed by atoms with Crippen LogP contribution in [0.5, 0.6) is 0 Å². The number of rotatable bonds is 5. The molecular formula is C16H18ClFN2O. The molecule has 0 aliphatic rings. The van der Waals surface area contributed by atoms with E-state index in [0.29, 0.717) is 22.7 Å². The predicted octanol–water partition coefficient (Wildman–Crippen LogP) is 3.99. The van der Waals surface area contributed by atoms with E-state index in [1.54, 1.807) is 17.7 Å². The van der Waals surface area contributed by atoms with Gasteiger partial charge in [0.05, 0.1) is 22.8 Å². The van der Waals surface area contributed by atoms with Crippen molar-refractivity contribution >= 4 is 17.4 Å². The average Bonchev–Trinajstić information content (AvgIpc) is 2.78. The fraction of sp³-hybridized carbons (Fsp3) is 0.375. The third-order valence-corrected chi connectivity index (χ3v) is 3.94. The van der Waals surface area contributed by atoms with Crippen molar-refractivity contribution in [3.63, 3.8) is 0 Å². The lowest BCUT2D eigenvalue weighted by Gasteiger charge is -2.06. The first-order valence-electron chi connectivity index (χ1n) is 7.01. The zero-order valence-corrected chi connectivity index (χ0v) is 13.2. The highest BCUT2D eigenvalue weighted by Crippen LogP contribution is 2.23. The molecule has 0 atom stereocenters. The van der Waals surface area contributed by atoms with Crippen molar-refractivity contribution in [3.8, 4) is 0 Å². The Kier molecular flexibility index (Phi) is 4.78. The molecule has 0 saturated heterocycles. The van der Waals surface area contributed by atoms with E-state index in [1.807, 2.05) is 13.8 Å². The Morgan fingerprint density at radius 1 is 1.38 bits per heavy atom. The summed E-state index contributed by atoms with van der Waals surface area (Å²) in [6.45, 7) is 6.23. The summed E-state index contributed by atoms with van der Waals surface area (Å²) < 4.78 is 15.0. The second kappa shape index (κ2) is 6.39. The van der Waals surface area contributed by atoms with Crippen LogP contribution in [0, 0.1) is 12.7 Å². The minimum atomic E-state index is -0.309. The number of hydrogen-bond donors (Lipinski definition) is 0. The minimum Gasteiger partial charge on any atom is -0.294 e. The fourth-order valence-corrected chi connectivity index (χ4v) is 2.59. The highest BCUT2D eigenvalue weighted by atomic mass is 35.5. The second-order valence-electron chi connectivity index (χ2n) is 4.94. The van der Waals surface area contributed by atoms with Gasteiger partial charge in [0.1, 0.15) is 5.82 Å². The van der Waals surface area contributed by atoms with Gasteiger partial charge >= 0.3 is 0 Å². The van der Waals surface area contributed by atoms with E-state index in [0.717, 1.165) is 17.8 Å². The van der Waals surface area contributed by atoms with Crippen LogP contribution in [0.25, 0.3) is 0 Å². The normalized spacial score (nSPS) is 10.9. The molecule has 112 valence electrons.